The smallest absolute Gasteiger partial charge is 0.212 e. The van der Waals surface area contributed by atoms with Crippen LogP contribution in [0, 0.1) is 0 Å². The lowest BCUT2D eigenvalue weighted by atomic mass is 9.87. The van der Waals surface area contributed by atoms with Gasteiger partial charge in [0.1, 0.15) is 0 Å². The van der Waals surface area contributed by atoms with Crippen molar-refractivity contribution in [1.82, 2.24) is 4.31 Å². The van der Waals surface area contributed by atoms with E-state index in [4.69, 9.17) is 11.6 Å². The Hall–Kier alpha value is -0.580. The standard InChI is InChI=1S/C16H26ClNO2S/c1-16(2,3)15-9-7-14(8-10-15)13-18(4)21(19,20)12-6-5-11-17/h7-10H,5-6,11-13H2,1-4H3. The van der Waals surface area contributed by atoms with E-state index in [9.17, 15) is 8.42 Å². The van der Waals surface area contributed by atoms with Crippen LogP contribution < -0.4 is 0 Å². The average molecular weight is 332 g/mol. The van der Waals surface area contributed by atoms with Crippen molar-refractivity contribution in [2.75, 3.05) is 18.7 Å². The highest BCUT2D eigenvalue weighted by atomic mass is 35.5. The minimum atomic E-state index is -3.19. The SMILES string of the molecule is CN(Cc1ccc(C(C)(C)C)cc1)S(=O)(=O)CCCCCl. The molecule has 0 bridgehead atoms. The number of hydrogen-bond acceptors (Lipinski definition) is 2. The molecule has 1 rings (SSSR count). The summed E-state index contributed by atoms with van der Waals surface area (Å²) in [6.07, 6.45) is 1.34. The van der Waals surface area contributed by atoms with Gasteiger partial charge in [-0.05, 0) is 29.4 Å². The van der Waals surface area contributed by atoms with Crippen molar-refractivity contribution in [3.05, 3.63) is 35.4 Å². The average Bonchev–Trinajstić information content (AvgIpc) is 2.38. The monoisotopic (exact) mass is 331 g/mol. The van der Waals surface area contributed by atoms with E-state index < -0.39 is 10.0 Å². The number of nitrogens with zero attached hydrogens (tertiary/aromatic N) is 1. The van der Waals surface area contributed by atoms with Gasteiger partial charge >= 0.3 is 0 Å². The van der Waals surface area contributed by atoms with Crippen LogP contribution in [0.1, 0.15) is 44.7 Å². The highest BCUT2D eigenvalue weighted by molar-refractivity contribution is 7.89. The Labute approximate surface area is 134 Å². The molecule has 1 aromatic carbocycles. The number of hydrogen-bond donors (Lipinski definition) is 0. The predicted octanol–water partition coefficient (Wildman–Crippen LogP) is 3.76. The summed E-state index contributed by atoms with van der Waals surface area (Å²) in [6.45, 7) is 6.90. The summed E-state index contributed by atoms with van der Waals surface area (Å²) in [4.78, 5) is 0. The molecule has 0 amide bonds. The van der Waals surface area contributed by atoms with Crippen molar-refractivity contribution in [3.8, 4) is 0 Å². The molecule has 0 radical (unpaired) electrons. The van der Waals surface area contributed by atoms with Crippen LogP contribution in [-0.2, 0) is 22.0 Å². The Kier molecular flexibility index (Phi) is 6.70. The minimum Gasteiger partial charge on any atom is -0.212 e. The second kappa shape index (κ2) is 7.61. The fourth-order valence-electron chi connectivity index (χ4n) is 2.00. The van der Waals surface area contributed by atoms with Gasteiger partial charge in [-0.3, -0.25) is 0 Å². The van der Waals surface area contributed by atoms with Crippen LogP contribution in [0.2, 0.25) is 0 Å². The second-order valence-corrected chi connectivity index (χ2v) is 8.99. The van der Waals surface area contributed by atoms with Gasteiger partial charge < -0.3 is 0 Å². The molecule has 1 aromatic rings. The van der Waals surface area contributed by atoms with E-state index in [1.807, 2.05) is 12.1 Å². The van der Waals surface area contributed by atoms with Gasteiger partial charge in [0, 0.05) is 19.5 Å². The Morgan fingerprint density at radius 1 is 1.10 bits per heavy atom. The first-order valence-corrected chi connectivity index (χ1v) is 9.40. The van der Waals surface area contributed by atoms with Gasteiger partial charge in [0.25, 0.3) is 0 Å². The fourth-order valence-corrected chi connectivity index (χ4v) is 3.42. The zero-order valence-electron chi connectivity index (χ0n) is 13.4. The molecule has 0 unspecified atom stereocenters. The molecule has 0 fully saturated rings. The molecule has 0 heterocycles. The van der Waals surface area contributed by atoms with Crippen molar-refractivity contribution < 1.29 is 8.42 Å². The molecule has 3 nitrogen and oxygen atoms in total. The van der Waals surface area contributed by atoms with Crippen LogP contribution in [-0.4, -0.2) is 31.4 Å². The molecule has 0 aromatic heterocycles. The third-order valence-electron chi connectivity index (χ3n) is 3.49. The van der Waals surface area contributed by atoms with Gasteiger partial charge in [-0.25, -0.2) is 12.7 Å². The number of sulfonamides is 1. The van der Waals surface area contributed by atoms with Crippen LogP contribution in [0.4, 0.5) is 0 Å². The largest absolute Gasteiger partial charge is 0.214 e. The first kappa shape index (κ1) is 18.5. The van der Waals surface area contributed by atoms with Crippen molar-refractivity contribution >= 4 is 21.6 Å². The molecule has 0 aliphatic heterocycles. The molecule has 0 saturated carbocycles. The maximum Gasteiger partial charge on any atom is 0.214 e. The molecule has 21 heavy (non-hydrogen) atoms. The first-order chi connectivity index (χ1) is 9.66. The van der Waals surface area contributed by atoms with Crippen molar-refractivity contribution in [2.24, 2.45) is 0 Å². The topological polar surface area (TPSA) is 37.4 Å². The lowest BCUT2D eigenvalue weighted by Crippen LogP contribution is -2.28. The third kappa shape index (κ3) is 5.97. The summed E-state index contributed by atoms with van der Waals surface area (Å²) in [6, 6.07) is 8.16. The molecule has 0 atom stereocenters. The van der Waals surface area contributed by atoms with E-state index in [1.165, 1.54) is 9.87 Å². The Morgan fingerprint density at radius 2 is 1.67 bits per heavy atom. The Morgan fingerprint density at radius 3 is 2.14 bits per heavy atom. The van der Waals surface area contributed by atoms with Crippen molar-refractivity contribution in [2.45, 2.75) is 45.6 Å². The lowest BCUT2D eigenvalue weighted by Gasteiger charge is -2.20. The maximum absolute atomic E-state index is 12.1. The van der Waals surface area contributed by atoms with Crippen LogP contribution in [0.5, 0.6) is 0 Å². The van der Waals surface area contributed by atoms with Gasteiger partial charge in [0.05, 0.1) is 5.75 Å². The summed E-state index contributed by atoms with van der Waals surface area (Å²) in [5.41, 5.74) is 2.36. The zero-order valence-corrected chi connectivity index (χ0v) is 15.0. The zero-order chi connectivity index (χ0) is 16.1. The van der Waals surface area contributed by atoms with E-state index in [-0.39, 0.29) is 11.2 Å². The third-order valence-corrected chi connectivity index (χ3v) is 5.64. The van der Waals surface area contributed by atoms with Crippen LogP contribution in [0.15, 0.2) is 24.3 Å². The quantitative estimate of drug-likeness (QED) is 0.563. The van der Waals surface area contributed by atoms with Crippen molar-refractivity contribution in [3.63, 3.8) is 0 Å². The highest BCUT2D eigenvalue weighted by Crippen LogP contribution is 2.22. The first-order valence-electron chi connectivity index (χ1n) is 7.26. The number of alkyl halides is 1. The Bertz CT molecular complexity index is 532. The molecule has 120 valence electrons. The van der Waals surface area contributed by atoms with Gasteiger partial charge in [0.2, 0.25) is 10.0 Å². The number of benzene rings is 1. The summed E-state index contributed by atoms with van der Waals surface area (Å²) < 4.78 is 25.7. The lowest BCUT2D eigenvalue weighted by molar-refractivity contribution is 0.465. The predicted molar refractivity (Wildman–Crippen MR) is 90.3 cm³/mol. The summed E-state index contributed by atoms with van der Waals surface area (Å²) in [7, 11) is -1.56. The van der Waals surface area contributed by atoms with Gasteiger partial charge in [-0.2, -0.15) is 0 Å². The summed E-state index contributed by atoms with van der Waals surface area (Å²) >= 11 is 5.58. The molecule has 0 aliphatic carbocycles. The van der Waals surface area contributed by atoms with E-state index in [1.54, 1.807) is 7.05 Å². The van der Waals surface area contributed by atoms with Crippen LogP contribution in [0.3, 0.4) is 0 Å². The summed E-state index contributed by atoms with van der Waals surface area (Å²) in [5.74, 6) is 0.670. The van der Waals surface area contributed by atoms with E-state index in [0.29, 0.717) is 18.8 Å². The molecule has 0 aliphatic rings. The molecular formula is C16H26ClNO2S. The summed E-state index contributed by atoms with van der Waals surface area (Å²) in [5, 5.41) is 0. The number of unbranched alkanes of at least 4 members (excludes halogenated alkanes) is 1. The normalized spacial score (nSPS) is 12.9. The van der Waals surface area contributed by atoms with E-state index >= 15 is 0 Å². The molecule has 5 heteroatoms. The highest BCUT2D eigenvalue weighted by Gasteiger charge is 2.18. The molecule has 0 saturated heterocycles. The van der Waals surface area contributed by atoms with E-state index in [0.717, 1.165) is 12.0 Å². The number of rotatable bonds is 7. The Balaban J connectivity index is 2.68. The minimum absolute atomic E-state index is 0.109. The van der Waals surface area contributed by atoms with Gasteiger partial charge in [0.15, 0.2) is 0 Å². The van der Waals surface area contributed by atoms with Crippen molar-refractivity contribution in [1.29, 1.82) is 0 Å². The maximum atomic E-state index is 12.1. The second-order valence-electron chi connectivity index (χ2n) is 6.42. The molecule has 0 N–H and O–H groups in total. The van der Waals surface area contributed by atoms with Gasteiger partial charge in [-0.15, -0.1) is 11.6 Å². The molecule has 0 spiro atoms. The van der Waals surface area contributed by atoms with E-state index in [2.05, 4.69) is 32.9 Å². The van der Waals surface area contributed by atoms with Gasteiger partial charge in [-0.1, -0.05) is 45.0 Å². The van der Waals surface area contributed by atoms with Crippen LogP contribution >= 0.6 is 11.6 Å². The number of halogens is 1. The fraction of sp³-hybridized carbons (Fsp3) is 0.625. The van der Waals surface area contributed by atoms with Crippen LogP contribution in [0.25, 0.3) is 0 Å². The molecular weight excluding hydrogens is 306 g/mol.